The SMILES string of the molecule is COc1c(CBr)cnc(C(F)F)c1Cl. The van der Waals surface area contributed by atoms with Crippen molar-refractivity contribution in [3.63, 3.8) is 0 Å². The Balaban J connectivity index is 3.27. The molecule has 6 heteroatoms. The van der Waals surface area contributed by atoms with Crippen molar-refractivity contribution < 1.29 is 13.5 Å². The molecule has 0 N–H and O–H groups in total. The Morgan fingerprint density at radius 1 is 1.64 bits per heavy atom. The molecule has 0 bridgehead atoms. The number of hydrogen-bond donors (Lipinski definition) is 0. The van der Waals surface area contributed by atoms with Gasteiger partial charge in [0.25, 0.3) is 6.43 Å². The second kappa shape index (κ2) is 4.89. The zero-order valence-electron chi connectivity index (χ0n) is 7.23. The number of rotatable bonds is 3. The van der Waals surface area contributed by atoms with Crippen LogP contribution in [0.5, 0.6) is 5.75 Å². The van der Waals surface area contributed by atoms with Gasteiger partial charge in [-0.05, 0) is 0 Å². The number of aromatic nitrogens is 1. The summed E-state index contributed by atoms with van der Waals surface area (Å²) in [4.78, 5) is 3.57. The van der Waals surface area contributed by atoms with E-state index >= 15 is 0 Å². The summed E-state index contributed by atoms with van der Waals surface area (Å²) in [6, 6.07) is 0. The van der Waals surface area contributed by atoms with Gasteiger partial charge in [-0.15, -0.1) is 0 Å². The topological polar surface area (TPSA) is 22.1 Å². The molecule has 0 aliphatic carbocycles. The fourth-order valence-corrected chi connectivity index (χ4v) is 1.72. The van der Waals surface area contributed by atoms with Crippen LogP contribution >= 0.6 is 27.5 Å². The third kappa shape index (κ3) is 2.15. The summed E-state index contributed by atoms with van der Waals surface area (Å²) in [5, 5.41) is 0.325. The minimum Gasteiger partial charge on any atom is -0.495 e. The molecule has 78 valence electrons. The fraction of sp³-hybridized carbons (Fsp3) is 0.375. The van der Waals surface area contributed by atoms with Crippen LogP contribution in [0.2, 0.25) is 5.02 Å². The minimum absolute atomic E-state index is 0.126. The van der Waals surface area contributed by atoms with Gasteiger partial charge in [-0.25, -0.2) is 8.78 Å². The van der Waals surface area contributed by atoms with Crippen molar-refractivity contribution in [1.82, 2.24) is 4.98 Å². The highest BCUT2D eigenvalue weighted by Gasteiger charge is 2.19. The first-order valence-corrected chi connectivity index (χ1v) is 5.17. The van der Waals surface area contributed by atoms with Gasteiger partial charge in [0.1, 0.15) is 16.5 Å². The summed E-state index contributed by atoms with van der Waals surface area (Å²) < 4.78 is 29.7. The Morgan fingerprint density at radius 3 is 2.71 bits per heavy atom. The lowest BCUT2D eigenvalue weighted by Crippen LogP contribution is -1.98. The Hall–Kier alpha value is -0.420. The average molecular weight is 287 g/mol. The molecule has 1 rings (SSSR count). The van der Waals surface area contributed by atoms with E-state index in [4.69, 9.17) is 16.3 Å². The van der Waals surface area contributed by atoms with Gasteiger partial charge in [0.05, 0.1) is 7.11 Å². The van der Waals surface area contributed by atoms with Crippen LogP contribution in [0.4, 0.5) is 8.78 Å². The van der Waals surface area contributed by atoms with Gasteiger partial charge >= 0.3 is 0 Å². The minimum atomic E-state index is -2.69. The Bertz CT molecular complexity index is 335. The van der Waals surface area contributed by atoms with E-state index in [0.717, 1.165) is 0 Å². The smallest absolute Gasteiger partial charge is 0.281 e. The molecule has 0 saturated carbocycles. The van der Waals surface area contributed by atoms with E-state index in [1.165, 1.54) is 13.3 Å². The molecule has 0 amide bonds. The monoisotopic (exact) mass is 285 g/mol. The zero-order chi connectivity index (χ0) is 10.7. The highest BCUT2D eigenvalue weighted by atomic mass is 79.9. The van der Waals surface area contributed by atoms with E-state index in [-0.39, 0.29) is 10.8 Å². The molecule has 0 saturated heterocycles. The van der Waals surface area contributed by atoms with Gasteiger partial charge in [-0.1, -0.05) is 27.5 Å². The lowest BCUT2D eigenvalue weighted by molar-refractivity contribution is 0.145. The maximum atomic E-state index is 12.4. The van der Waals surface area contributed by atoms with E-state index in [2.05, 4.69) is 20.9 Å². The summed E-state index contributed by atoms with van der Waals surface area (Å²) in [5.74, 6) is 0.244. The first-order chi connectivity index (χ1) is 6.61. The molecule has 1 aromatic heterocycles. The number of nitrogens with zero attached hydrogens (tertiary/aromatic N) is 1. The van der Waals surface area contributed by atoms with Gasteiger partial charge in [0.2, 0.25) is 0 Å². The first-order valence-electron chi connectivity index (χ1n) is 3.67. The van der Waals surface area contributed by atoms with Crippen LogP contribution in [-0.4, -0.2) is 12.1 Å². The Morgan fingerprint density at radius 2 is 2.29 bits per heavy atom. The summed E-state index contributed by atoms with van der Waals surface area (Å²) in [5.41, 5.74) is 0.190. The molecule has 1 heterocycles. The Labute approximate surface area is 93.4 Å². The number of methoxy groups -OCH3 is 1. The van der Waals surface area contributed by atoms with Crippen molar-refractivity contribution in [2.75, 3.05) is 7.11 Å². The average Bonchev–Trinajstić information content (AvgIpc) is 2.16. The highest BCUT2D eigenvalue weighted by Crippen LogP contribution is 2.35. The second-order valence-electron chi connectivity index (χ2n) is 2.45. The third-order valence-electron chi connectivity index (χ3n) is 1.63. The van der Waals surface area contributed by atoms with Gasteiger partial charge in [-0.3, -0.25) is 4.98 Å². The molecular formula is C8H7BrClF2NO. The number of ether oxygens (including phenoxy) is 1. The van der Waals surface area contributed by atoms with Crippen molar-refractivity contribution in [3.05, 3.63) is 22.5 Å². The van der Waals surface area contributed by atoms with Crippen LogP contribution in [0, 0.1) is 0 Å². The second-order valence-corrected chi connectivity index (χ2v) is 3.39. The van der Waals surface area contributed by atoms with Gasteiger partial charge < -0.3 is 4.74 Å². The first kappa shape index (κ1) is 11.7. The van der Waals surface area contributed by atoms with Crippen LogP contribution < -0.4 is 4.74 Å². The largest absolute Gasteiger partial charge is 0.495 e. The van der Waals surface area contributed by atoms with Crippen molar-refractivity contribution in [1.29, 1.82) is 0 Å². The van der Waals surface area contributed by atoms with Crippen molar-refractivity contribution in [2.24, 2.45) is 0 Å². The quantitative estimate of drug-likeness (QED) is 0.792. The van der Waals surface area contributed by atoms with E-state index in [0.29, 0.717) is 10.9 Å². The molecule has 1 aromatic rings. The standard InChI is InChI=1S/C8H7BrClF2NO/c1-14-7-4(2-9)3-13-6(5(7)10)8(11)12/h3,8H,2H2,1H3. The molecule has 2 nitrogen and oxygen atoms in total. The third-order valence-corrected chi connectivity index (χ3v) is 2.60. The summed E-state index contributed by atoms with van der Waals surface area (Å²) >= 11 is 8.88. The van der Waals surface area contributed by atoms with Gasteiger partial charge in [-0.2, -0.15) is 0 Å². The van der Waals surface area contributed by atoms with Crippen LogP contribution in [0.3, 0.4) is 0 Å². The predicted octanol–water partition coefficient (Wildman–Crippen LogP) is 3.58. The van der Waals surface area contributed by atoms with Crippen molar-refractivity contribution in [3.8, 4) is 5.75 Å². The lowest BCUT2D eigenvalue weighted by atomic mass is 10.2. The van der Waals surface area contributed by atoms with Crippen molar-refractivity contribution in [2.45, 2.75) is 11.8 Å². The van der Waals surface area contributed by atoms with Crippen LogP contribution in [-0.2, 0) is 5.33 Å². The van der Waals surface area contributed by atoms with E-state index in [9.17, 15) is 8.78 Å². The summed E-state index contributed by atoms with van der Waals surface area (Å²) in [7, 11) is 1.38. The van der Waals surface area contributed by atoms with Crippen LogP contribution in [0.1, 0.15) is 17.7 Å². The molecule has 0 atom stereocenters. The lowest BCUT2D eigenvalue weighted by Gasteiger charge is -2.10. The molecule has 0 spiro atoms. The van der Waals surface area contributed by atoms with E-state index in [1.807, 2.05) is 0 Å². The molecule has 0 fully saturated rings. The Kier molecular flexibility index (Phi) is 4.07. The normalized spacial score (nSPS) is 10.7. The predicted molar refractivity (Wildman–Crippen MR) is 53.4 cm³/mol. The number of halogens is 4. The van der Waals surface area contributed by atoms with Crippen LogP contribution in [0.25, 0.3) is 0 Å². The summed E-state index contributed by atoms with van der Waals surface area (Å²) in [6.45, 7) is 0. The summed E-state index contributed by atoms with van der Waals surface area (Å²) in [6.07, 6.45) is -1.37. The molecule has 0 radical (unpaired) electrons. The molecule has 0 aromatic carbocycles. The highest BCUT2D eigenvalue weighted by molar-refractivity contribution is 9.08. The maximum absolute atomic E-state index is 12.4. The van der Waals surface area contributed by atoms with E-state index in [1.54, 1.807) is 0 Å². The van der Waals surface area contributed by atoms with E-state index < -0.39 is 12.1 Å². The molecular weight excluding hydrogens is 279 g/mol. The maximum Gasteiger partial charge on any atom is 0.281 e. The zero-order valence-corrected chi connectivity index (χ0v) is 9.57. The number of hydrogen-bond acceptors (Lipinski definition) is 2. The van der Waals surface area contributed by atoms with Gasteiger partial charge in [0.15, 0.2) is 0 Å². The van der Waals surface area contributed by atoms with Gasteiger partial charge in [0, 0.05) is 17.1 Å². The number of pyridine rings is 1. The molecule has 14 heavy (non-hydrogen) atoms. The fourth-order valence-electron chi connectivity index (χ4n) is 0.988. The van der Waals surface area contributed by atoms with Crippen molar-refractivity contribution >= 4 is 27.5 Å². The molecule has 0 aliphatic heterocycles. The molecule has 0 aliphatic rings. The molecule has 0 unspecified atom stereocenters. The van der Waals surface area contributed by atoms with Crippen LogP contribution in [0.15, 0.2) is 6.20 Å². The number of alkyl halides is 3.